The van der Waals surface area contributed by atoms with Crippen LogP contribution in [0.2, 0.25) is 0 Å². The number of hydrogen-bond acceptors (Lipinski definition) is 4. The van der Waals surface area contributed by atoms with Crippen molar-refractivity contribution in [1.29, 1.82) is 0 Å². The Labute approximate surface area is 165 Å². The van der Waals surface area contributed by atoms with Gasteiger partial charge in [-0.05, 0) is 39.2 Å². The van der Waals surface area contributed by atoms with Crippen molar-refractivity contribution in [3.8, 4) is 0 Å². The highest BCUT2D eigenvalue weighted by Gasteiger charge is 2.42. The van der Waals surface area contributed by atoms with Gasteiger partial charge in [-0.15, -0.1) is 0 Å². The Morgan fingerprint density at radius 1 is 1.14 bits per heavy atom. The first kappa shape index (κ1) is 18.7. The number of carbonyl (C=O) groups excluding carboxylic acids is 2. The first-order chi connectivity index (χ1) is 13.4. The van der Waals surface area contributed by atoms with Crippen LogP contribution in [0, 0.1) is 26.7 Å². The van der Waals surface area contributed by atoms with Crippen LogP contribution in [0.25, 0.3) is 0 Å². The fourth-order valence-electron chi connectivity index (χ4n) is 4.34. The maximum atomic E-state index is 13.1. The number of rotatable bonds is 4. The van der Waals surface area contributed by atoms with Gasteiger partial charge in [-0.25, -0.2) is 0 Å². The topological polar surface area (TPSA) is 66.7 Å². The molecule has 2 atom stereocenters. The highest BCUT2D eigenvalue weighted by Crippen LogP contribution is 2.31. The highest BCUT2D eigenvalue weighted by molar-refractivity contribution is 5.84. The van der Waals surface area contributed by atoms with Crippen LogP contribution in [0.3, 0.4) is 0 Å². The number of aryl methyl sites for hydroxylation is 3. The molecule has 0 N–H and O–H groups in total. The second-order valence-corrected chi connectivity index (χ2v) is 8.16. The number of nitrogens with zero attached hydrogens (tertiary/aromatic N) is 3. The lowest BCUT2D eigenvalue weighted by Crippen LogP contribution is -2.47. The molecule has 6 heteroatoms. The lowest BCUT2D eigenvalue weighted by molar-refractivity contribution is -0.140. The summed E-state index contributed by atoms with van der Waals surface area (Å²) in [5.41, 5.74) is 4.02. The molecule has 148 valence electrons. The third-order valence-electron chi connectivity index (χ3n) is 6.13. The van der Waals surface area contributed by atoms with Gasteiger partial charge in [0.1, 0.15) is 5.76 Å². The normalized spacial score (nSPS) is 21.9. The van der Waals surface area contributed by atoms with Crippen molar-refractivity contribution in [2.45, 2.75) is 52.6 Å². The van der Waals surface area contributed by atoms with Crippen LogP contribution in [0.1, 0.15) is 41.0 Å². The average molecular weight is 381 g/mol. The van der Waals surface area contributed by atoms with Gasteiger partial charge in [-0.2, -0.15) is 0 Å². The molecule has 3 aliphatic rings. The summed E-state index contributed by atoms with van der Waals surface area (Å²) in [5.74, 6) is 0.911. The maximum absolute atomic E-state index is 13.1. The summed E-state index contributed by atoms with van der Waals surface area (Å²) in [5, 5.41) is 4.01. The maximum Gasteiger partial charge on any atom is 0.228 e. The molecule has 0 unspecified atom stereocenters. The van der Waals surface area contributed by atoms with E-state index in [2.05, 4.69) is 5.16 Å². The molecule has 28 heavy (non-hydrogen) atoms. The number of aromatic nitrogens is 1. The summed E-state index contributed by atoms with van der Waals surface area (Å²) >= 11 is 0. The van der Waals surface area contributed by atoms with Crippen molar-refractivity contribution in [3.63, 3.8) is 0 Å². The fourth-order valence-corrected chi connectivity index (χ4v) is 4.34. The smallest absolute Gasteiger partial charge is 0.228 e. The standard InChI is InChI=1S/C22H27N3O3/c1-14-4-6-17(7-5-14)10-21(26)24-11-18-8-9-19(12-24)25(22(18)27)13-20-15(2)23-28-16(20)3/h4-7,18-19H,8-13H2,1-3H3/t18-,19+/m0/s1. The molecule has 0 aliphatic carbocycles. The van der Waals surface area contributed by atoms with E-state index in [9.17, 15) is 9.59 Å². The Bertz CT molecular complexity index is 867. The van der Waals surface area contributed by atoms with E-state index in [1.54, 1.807) is 0 Å². The van der Waals surface area contributed by atoms with Gasteiger partial charge in [-0.1, -0.05) is 35.0 Å². The Morgan fingerprint density at radius 2 is 1.89 bits per heavy atom. The van der Waals surface area contributed by atoms with Gasteiger partial charge < -0.3 is 14.3 Å². The molecule has 5 rings (SSSR count). The zero-order chi connectivity index (χ0) is 19.8. The van der Waals surface area contributed by atoms with Crippen LogP contribution in [0.4, 0.5) is 0 Å². The minimum absolute atomic E-state index is 0.0573. The molecule has 2 amide bonds. The molecule has 0 spiro atoms. The van der Waals surface area contributed by atoms with Crippen LogP contribution >= 0.6 is 0 Å². The molecule has 6 nitrogen and oxygen atoms in total. The lowest BCUT2D eigenvalue weighted by Gasteiger charge is -2.35. The molecule has 0 radical (unpaired) electrons. The molecule has 3 saturated heterocycles. The SMILES string of the molecule is Cc1ccc(CC(=O)N2C[C@@H]3CC[C@H](C2)N(Cc2c(C)noc2C)C3=O)cc1. The monoisotopic (exact) mass is 381 g/mol. The molecule has 2 aromatic rings. The van der Waals surface area contributed by atoms with E-state index in [0.29, 0.717) is 26.1 Å². The quantitative estimate of drug-likeness (QED) is 0.817. The number of amides is 2. The highest BCUT2D eigenvalue weighted by atomic mass is 16.5. The summed E-state index contributed by atoms with van der Waals surface area (Å²) in [7, 11) is 0. The summed E-state index contributed by atoms with van der Waals surface area (Å²) in [6.07, 6.45) is 2.18. The van der Waals surface area contributed by atoms with Crippen molar-refractivity contribution >= 4 is 11.8 Å². The van der Waals surface area contributed by atoms with Crippen LogP contribution < -0.4 is 0 Å². The van der Waals surface area contributed by atoms with Gasteiger partial charge in [0.25, 0.3) is 0 Å². The summed E-state index contributed by atoms with van der Waals surface area (Å²) in [6.45, 7) is 7.48. The molecule has 3 fully saturated rings. The van der Waals surface area contributed by atoms with E-state index in [-0.39, 0.29) is 23.8 Å². The number of hydrogen-bond donors (Lipinski definition) is 0. The average Bonchev–Trinajstić information content (AvgIpc) is 2.85. The van der Waals surface area contributed by atoms with Crippen molar-refractivity contribution < 1.29 is 14.1 Å². The van der Waals surface area contributed by atoms with E-state index in [4.69, 9.17) is 4.52 Å². The van der Waals surface area contributed by atoms with Crippen molar-refractivity contribution in [3.05, 3.63) is 52.4 Å². The Hall–Kier alpha value is -2.63. The van der Waals surface area contributed by atoms with Crippen LogP contribution in [-0.4, -0.2) is 45.9 Å². The van der Waals surface area contributed by atoms with Gasteiger partial charge in [0.15, 0.2) is 0 Å². The zero-order valence-corrected chi connectivity index (χ0v) is 16.8. The third-order valence-corrected chi connectivity index (χ3v) is 6.13. The second kappa shape index (κ2) is 7.41. The summed E-state index contributed by atoms with van der Waals surface area (Å²) < 4.78 is 5.27. The predicted molar refractivity (Wildman–Crippen MR) is 105 cm³/mol. The number of piperidine rings is 1. The summed E-state index contributed by atoms with van der Waals surface area (Å²) in [4.78, 5) is 29.8. The van der Waals surface area contributed by atoms with Crippen molar-refractivity contribution in [2.75, 3.05) is 13.1 Å². The molecule has 2 bridgehead atoms. The molecular weight excluding hydrogens is 354 g/mol. The fraction of sp³-hybridized carbons (Fsp3) is 0.500. The van der Waals surface area contributed by atoms with Gasteiger partial charge >= 0.3 is 0 Å². The number of fused-ring (bicyclic) bond motifs is 4. The van der Waals surface area contributed by atoms with Gasteiger partial charge in [0.05, 0.1) is 24.6 Å². The van der Waals surface area contributed by atoms with E-state index in [0.717, 1.165) is 35.4 Å². The van der Waals surface area contributed by atoms with Crippen LogP contribution in [0.5, 0.6) is 0 Å². The Morgan fingerprint density at radius 3 is 2.57 bits per heavy atom. The van der Waals surface area contributed by atoms with E-state index < -0.39 is 0 Å². The van der Waals surface area contributed by atoms with Crippen molar-refractivity contribution in [2.24, 2.45) is 5.92 Å². The Kier molecular flexibility index (Phi) is 4.96. The van der Waals surface area contributed by atoms with Gasteiger partial charge in [-0.3, -0.25) is 9.59 Å². The van der Waals surface area contributed by atoms with Crippen molar-refractivity contribution in [1.82, 2.24) is 15.0 Å². The minimum atomic E-state index is -0.110. The molecular formula is C22H27N3O3. The second-order valence-electron chi connectivity index (χ2n) is 8.16. The van der Waals surface area contributed by atoms with Gasteiger partial charge in [0, 0.05) is 24.7 Å². The van der Waals surface area contributed by atoms with Crippen LogP contribution in [0.15, 0.2) is 28.8 Å². The van der Waals surface area contributed by atoms with E-state index in [1.807, 2.05) is 54.8 Å². The third kappa shape index (κ3) is 3.55. The number of carbonyl (C=O) groups is 2. The number of benzene rings is 1. The van der Waals surface area contributed by atoms with Crippen LogP contribution in [-0.2, 0) is 22.6 Å². The van der Waals surface area contributed by atoms with E-state index >= 15 is 0 Å². The molecule has 4 heterocycles. The summed E-state index contributed by atoms with van der Waals surface area (Å²) in [6, 6.07) is 8.14. The first-order valence-corrected chi connectivity index (χ1v) is 9.98. The lowest BCUT2D eigenvalue weighted by atomic mass is 9.93. The minimum Gasteiger partial charge on any atom is -0.361 e. The Balaban J connectivity index is 1.50. The largest absolute Gasteiger partial charge is 0.361 e. The predicted octanol–water partition coefficient (Wildman–Crippen LogP) is 2.79. The van der Waals surface area contributed by atoms with Gasteiger partial charge in [0.2, 0.25) is 11.8 Å². The zero-order valence-electron chi connectivity index (χ0n) is 16.8. The molecule has 0 saturated carbocycles. The van der Waals surface area contributed by atoms with E-state index in [1.165, 1.54) is 5.56 Å². The molecule has 1 aromatic carbocycles. The molecule has 1 aromatic heterocycles. The molecule has 3 aliphatic heterocycles. The first-order valence-electron chi connectivity index (χ1n) is 9.98.